The molecule has 1 saturated carbocycles. The molecule has 0 aromatic carbocycles. The highest BCUT2D eigenvalue weighted by Crippen LogP contribution is 2.18. The van der Waals surface area contributed by atoms with Gasteiger partial charge in [0.05, 0.1) is 6.10 Å². The number of nitrogens with one attached hydrogen (secondary N) is 1. The SMILES string of the molecule is C=C(Br)CN[C@@H]1CCCC[C@H]1O. The van der Waals surface area contributed by atoms with Gasteiger partial charge in [0.15, 0.2) is 0 Å². The van der Waals surface area contributed by atoms with Gasteiger partial charge in [-0.1, -0.05) is 35.4 Å². The number of aliphatic hydroxyl groups excluding tert-OH is 1. The zero-order valence-corrected chi connectivity index (χ0v) is 8.81. The molecule has 0 aromatic rings. The molecule has 0 saturated heterocycles. The summed E-state index contributed by atoms with van der Waals surface area (Å²) in [7, 11) is 0. The smallest absolute Gasteiger partial charge is 0.0693 e. The van der Waals surface area contributed by atoms with Crippen LogP contribution in [0.25, 0.3) is 0 Å². The standard InChI is InChI=1S/C9H16BrNO/c1-7(10)6-11-8-4-2-3-5-9(8)12/h8-9,11-12H,1-6H2/t8-,9-/m1/s1. The van der Waals surface area contributed by atoms with E-state index in [2.05, 4.69) is 27.8 Å². The zero-order chi connectivity index (χ0) is 8.97. The maximum atomic E-state index is 9.57. The highest BCUT2D eigenvalue weighted by molar-refractivity contribution is 9.11. The maximum absolute atomic E-state index is 9.57. The summed E-state index contributed by atoms with van der Waals surface area (Å²) in [5.41, 5.74) is 0. The summed E-state index contributed by atoms with van der Waals surface area (Å²) in [5, 5.41) is 12.8. The van der Waals surface area contributed by atoms with Crippen molar-refractivity contribution in [1.29, 1.82) is 0 Å². The van der Waals surface area contributed by atoms with Crippen LogP contribution in [-0.4, -0.2) is 23.8 Å². The van der Waals surface area contributed by atoms with Crippen LogP contribution in [0.15, 0.2) is 11.1 Å². The molecule has 1 aliphatic rings. The van der Waals surface area contributed by atoms with Crippen LogP contribution < -0.4 is 5.32 Å². The molecule has 1 fully saturated rings. The van der Waals surface area contributed by atoms with E-state index in [0.717, 1.165) is 30.3 Å². The van der Waals surface area contributed by atoms with E-state index < -0.39 is 0 Å². The average molecular weight is 234 g/mol. The van der Waals surface area contributed by atoms with Crippen LogP contribution in [0, 0.1) is 0 Å². The Morgan fingerprint density at radius 3 is 2.75 bits per heavy atom. The number of rotatable bonds is 3. The molecule has 70 valence electrons. The quantitative estimate of drug-likeness (QED) is 0.780. The number of halogens is 1. The van der Waals surface area contributed by atoms with Gasteiger partial charge in [-0.05, 0) is 12.8 Å². The Balaban J connectivity index is 2.24. The summed E-state index contributed by atoms with van der Waals surface area (Å²) in [6.45, 7) is 4.49. The third kappa shape index (κ3) is 3.25. The number of aliphatic hydroxyl groups is 1. The van der Waals surface area contributed by atoms with Gasteiger partial charge >= 0.3 is 0 Å². The number of hydrogen-bond acceptors (Lipinski definition) is 2. The van der Waals surface area contributed by atoms with Crippen LogP contribution in [0.5, 0.6) is 0 Å². The van der Waals surface area contributed by atoms with E-state index >= 15 is 0 Å². The van der Waals surface area contributed by atoms with E-state index in [4.69, 9.17) is 0 Å². The second kappa shape index (κ2) is 5.00. The first kappa shape index (κ1) is 10.2. The molecule has 1 aliphatic carbocycles. The van der Waals surface area contributed by atoms with E-state index in [9.17, 15) is 5.11 Å². The predicted octanol–water partition coefficient (Wildman–Crippen LogP) is 1.79. The molecule has 0 unspecified atom stereocenters. The van der Waals surface area contributed by atoms with Crippen molar-refractivity contribution in [1.82, 2.24) is 5.32 Å². The first-order valence-corrected chi connectivity index (χ1v) is 5.24. The molecule has 1 rings (SSSR count). The molecular formula is C9H16BrNO. The highest BCUT2D eigenvalue weighted by Gasteiger charge is 2.21. The van der Waals surface area contributed by atoms with E-state index in [1.165, 1.54) is 6.42 Å². The normalized spacial score (nSPS) is 30.2. The van der Waals surface area contributed by atoms with Gasteiger partial charge in [-0.2, -0.15) is 0 Å². The molecular weight excluding hydrogens is 218 g/mol. The zero-order valence-electron chi connectivity index (χ0n) is 7.22. The van der Waals surface area contributed by atoms with Crippen molar-refractivity contribution in [2.75, 3.05) is 6.54 Å². The van der Waals surface area contributed by atoms with Crippen molar-refractivity contribution in [2.24, 2.45) is 0 Å². The molecule has 0 bridgehead atoms. The molecule has 2 atom stereocenters. The van der Waals surface area contributed by atoms with Crippen molar-refractivity contribution in [3.8, 4) is 0 Å². The van der Waals surface area contributed by atoms with Gasteiger partial charge in [-0.3, -0.25) is 0 Å². The van der Waals surface area contributed by atoms with Gasteiger partial charge in [0.1, 0.15) is 0 Å². The summed E-state index contributed by atoms with van der Waals surface area (Å²) in [4.78, 5) is 0. The van der Waals surface area contributed by atoms with Gasteiger partial charge in [-0.25, -0.2) is 0 Å². The van der Waals surface area contributed by atoms with Crippen LogP contribution in [0.3, 0.4) is 0 Å². The Morgan fingerprint density at radius 2 is 2.17 bits per heavy atom. The summed E-state index contributed by atoms with van der Waals surface area (Å²) >= 11 is 3.28. The van der Waals surface area contributed by atoms with Crippen molar-refractivity contribution in [3.63, 3.8) is 0 Å². The third-order valence-corrected chi connectivity index (χ3v) is 2.57. The summed E-state index contributed by atoms with van der Waals surface area (Å²) in [6, 6.07) is 0.271. The van der Waals surface area contributed by atoms with Crippen LogP contribution in [0.1, 0.15) is 25.7 Å². The molecule has 0 spiro atoms. The predicted molar refractivity (Wildman–Crippen MR) is 54.3 cm³/mol. The van der Waals surface area contributed by atoms with Crippen molar-refractivity contribution in [2.45, 2.75) is 37.8 Å². The van der Waals surface area contributed by atoms with Gasteiger partial charge < -0.3 is 10.4 Å². The molecule has 0 aliphatic heterocycles. The lowest BCUT2D eigenvalue weighted by molar-refractivity contribution is 0.0928. The first-order valence-electron chi connectivity index (χ1n) is 4.45. The van der Waals surface area contributed by atoms with Crippen molar-refractivity contribution in [3.05, 3.63) is 11.1 Å². The van der Waals surface area contributed by atoms with E-state index in [1.54, 1.807) is 0 Å². The van der Waals surface area contributed by atoms with E-state index in [0.29, 0.717) is 0 Å². The lowest BCUT2D eigenvalue weighted by Gasteiger charge is -2.28. The largest absolute Gasteiger partial charge is 0.392 e. The molecule has 0 amide bonds. The first-order chi connectivity index (χ1) is 5.70. The molecule has 3 heteroatoms. The average Bonchev–Trinajstić information content (AvgIpc) is 2.03. The summed E-state index contributed by atoms with van der Waals surface area (Å²) in [5.74, 6) is 0. The molecule has 2 nitrogen and oxygen atoms in total. The minimum Gasteiger partial charge on any atom is -0.392 e. The Bertz CT molecular complexity index is 161. The third-order valence-electron chi connectivity index (χ3n) is 2.29. The minimum absolute atomic E-state index is 0.161. The van der Waals surface area contributed by atoms with Crippen LogP contribution >= 0.6 is 15.9 Å². The fourth-order valence-corrected chi connectivity index (χ4v) is 1.75. The van der Waals surface area contributed by atoms with Gasteiger partial charge in [0.2, 0.25) is 0 Å². The Hall–Kier alpha value is 0.140. The summed E-state index contributed by atoms with van der Waals surface area (Å²) < 4.78 is 0.945. The monoisotopic (exact) mass is 233 g/mol. The summed E-state index contributed by atoms with van der Waals surface area (Å²) in [6.07, 6.45) is 4.25. The Labute approximate surface area is 82.2 Å². The molecule has 2 N–H and O–H groups in total. The maximum Gasteiger partial charge on any atom is 0.0693 e. The van der Waals surface area contributed by atoms with E-state index in [1.807, 2.05) is 0 Å². The van der Waals surface area contributed by atoms with E-state index in [-0.39, 0.29) is 12.1 Å². The highest BCUT2D eigenvalue weighted by atomic mass is 79.9. The topological polar surface area (TPSA) is 32.3 Å². The van der Waals surface area contributed by atoms with Crippen molar-refractivity contribution < 1.29 is 5.11 Å². The molecule has 0 aromatic heterocycles. The second-order valence-electron chi connectivity index (χ2n) is 3.36. The Morgan fingerprint density at radius 1 is 1.50 bits per heavy atom. The van der Waals surface area contributed by atoms with Crippen LogP contribution in [0.4, 0.5) is 0 Å². The van der Waals surface area contributed by atoms with Crippen molar-refractivity contribution >= 4 is 15.9 Å². The van der Waals surface area contributed by atoms with Gasteiger partial charge in [0.25, 0.3) is 0 Å². The fourth-order valence-electron chi connectivity index (χ4n) is 1.59. The lowest BCUT2D eigenvalue weighted by Crippen LogP contribution is -2.42. The molecule has 0 heterocycles. The number of hydrogen-bond donors (Lipinski definition) is 2. The minimum atomic E-state index is -0.161. The molecule has 12 heavy (non-hydrogen) atoms. The van der Waals surface area contributed by atoms with Gasteiger partial charge in [0, 0.05) is 17.1 Å². The lowest BCUT2D eigenvalue weighted by atomic mass is 9.93. The van der Waals surface area contributed by atoms with Crippen LogP contribution in [0.2, 0.25) is 0 Å². The Kier molecular flexibility index (Phi) is 4.26. The fraction of sp³-hybridized carbons (Fsp3) is 0.778. The molecule has 0 radical (unpaired) electrons. The van der Waals surface area contributed by atoms with Crippen LogP contribution in [-0.2, 0) is 0 Å². The van der Waals surface area contributed by atoms with Gasteiger partial charge in [-0.15, -0.1) is 0 Å². The second-order valence-corrected chi connectivity index (χ2v) is 4.48.